The van der Waals surface area contributed by atoms with Gasteiger partial charge in [0.15, 0.2) is 0 Å². The molecule has 0 bridgehead atoms. The minimum Gasteiger partial charge on any atom is -0.382 e. The zero-order chi connectivity index (χ0) is 10.4. The summed E-state index contributed by atoms with van der Waals surface area (Å²) in [5.74, 6) is 0.649. The largest absolute Gasteiger partial charge is 0.382 e. The van der Waals surface area contributed by atoms with Gasteiger partial charge in [0.1, 0.15) is 0 Å². The molecule has 3 nitrogen and oxygen atoms in total. The van der Waals surface area contributed by atoms with Crippen molar-refractivity contribution in [1.29, 1.82) is 0 Å². The fraction of sp³-hybridized carbons (Fsp3) is 1.00. The van der Waals surface area contributed by atoms with Gasteiger partial charge in [-0.25, -0.2) is 0 Å². The number of ether oxygens (including phenoxy) is 1. The van der Waals surface area contributed by atoms with Crippen LogP contribution >= 0.6 is 0 Å². The van der Waals surface area contributed by atoms with Crippen LogP contribution in [-0.4, -0.2) is 43.8 Å². The van der Waals surface area contributed by atoms with Crippen LogP contribution in [0, 0.1) is 5.92 Å². The van der Waals surface area contributed by atoms with Crippen molar-refractivity contribution in [2.24, 2.45) is 11.7 Å². The Morgan fingerprint density at radius 1 is 1.50 bits per heavy atom. The van der Waals surface area contributed by atoms with Crippen LogP contribution in [0.2, 0.25) is 0 Å². The maximum absolute atomic E-state index is 5.97. The van der Waals surface area contributed by atoms with Crippen molar-refractivity contribution in [3.8, 4) is 0 Å². The summed E-state index contributed by atoms with van der Waals surface area (Å²) in [6, 6.07) is 0.415. The Kier molecular flexibility index (Phi) is 5.45. The van der Waals surface area contributed by atoms with Crippen molar-refractivity contribution in [3.63, 3.8) is 0 Å². The van der Waals surface area contributed by atoms with E-state index in [0.29, 0.717) is 12.0 Å². The third kappa shape index (κ3) is 3.95. The van der Waals surface area contributed by atoms with Crippen LogP contribution in [0.5, 0.6) is 0 Å². The molecule has 0 aliphatic carbocycles. The molecule has 1 heterocycles. The summed E-state index contributed by atoms with van der Waals surface area (Å²) in [7, 11) is 0. The molecule has 1 fully saturated rings. The maximum atomic E-state index is 5.97. The third-order valence-electron chi connectivity index (χ3n) is 3.02. The van der Waals surface area contributed by atoms with Crippen molar-refractivity contribution >= 4 is 0 Å². The van der Waals surface area contributed by atoms with E-state index in [-0.39, 0.29) is 0 Å². The highest BCUT2D eigenvalue weighted by Crippen LogP contribution is 2.14. The Bertz CT molecular complexity index is 152. The molecule has 0 radical (unpaired) electrons. The molecule has 0 saturated carbocycles. The third-order valence-corrected chi connectivity index (χ3v) is 3.02. The first kappa shape index (κ1) is 12.0. The normalized spacial score (nSPS) is 29.4. The van der Waals surface area contributed by atoms with Crippen LogP contribution in [0.1, 0.15) is 26.7 Å². The van der Waals surface area contributed by atoms with E-state index in [0.717, 1.165) is 45.7 Å². The molecule has 0 amide bonds. The van der Waals surface area contributed by atoms with Gasteiger partial charge >= 0.3 is 0 Å². The summed E-state index contributed by atoms with van der Waals surface area (Å²) < 4.78 is 5.32. The standard InChI is InChI=1S/C11H24N2O/c1-3-14-8-4-6-13-7-5-11(12)10(2)9-13/h10-11H,3-9,12H2,1-2H3/t10-,11+/m1/s1. The van der Waals surface area contributed by atoms with Crippen LogP contribution in [0.3, 0.4) is 0 Å². The zero-order valence-corrected chi connectivity index (χ0v) is 9.54. The molecule has 0 spiro atoms. The monoisotopic (exact) mass is 200 g/mol. The van der Waals surface area contributed by atoms with Gasteiger partial charge in [-0.3, -0.25) is 0 Å². The summed E-state index contributed by atoms with van der Waals surface area (Å²) in [5.41, 5.74) is 5.97. The molecular weight excluding hydrogens is 176 g/mol. The van der Waals surface area contributed by atoms with Gasteiger partial charge in [-0.2, -0.15) is 0 Å². The second-order valence-corrected chi connectivity index (χ2v) is 4.28. The summed E-state index contributed by atoms with van der Waals surface area (Å²) in [4.78, 5) is 2.51. The average molecular weight is 200 g/mol. The molecule has 14 heavy (non-hydrogen) atoms. The van der Waals surface area contributed by atoms with Gasteiger partial charge in [0.25, 0.3) is 0 Å². The Morgan fingerprint density at radius 2 is 2.29 bits per heavy atom. The fourth-order valence-electron chi connectivity index (χ4n) is 1.99. The van der Waals surface area contributed by atoms with Crippen molar-refractivity contribution < 1.29 is 4.74 Å². The van der Waals surface area contributed by atoms with Crippen LogP contribution in [-0.2, 0) is 4.74 Å². The molecule has 0 aromatic heterocycles. The van der Waals surface area contributed by atoms with Crippen molar-refractivity contribution in [1.82, 2.24) is 4.90 Å². The lowest BCUT2D eigenvalue weighted by molar-refractivity contribution is 0.115. The van der Waals surface area contributed by atoms with Crippen LogP contribution < -0.4 is 5.73 Å². The number of nitrogens with zero attached hydrogens (tertiary/aromatic N) is 1. The molecule has 84 valence electrons. The lowest BCUT2D eigenvalue weighted by Gasteiger charge is -2.35. The van der Waals surface area contributed by atoms with Crippen molar-refractivity contribution in [2.75, 3.05) is 32.8 Å². The first-order valence-electron chi connectivity index (χ1n) is 5.79. The Hall–Kier alpha value is -0.120. The molecule has 2 N–H and O–H groups in total. The molecule has 1 rings (SSSR count). The van der Waals surface area contributed by atoms with Crippen LogP contribution in [0.4, 0.5) is 0 Å². The van der Waals surface area contributed by atoms with Gasteiger partial charge in [-0.15, -0.1) is 0 Å². The van der Waals surface area contributed by atoms with Gasteiger partial charge in [-0.05, 0) is 32.2 Å². The number of rotatable bonds is 5. The quantitative estimate of drug-likeness (QED) is 0.675. The first-order chi connectivity index (χ1) is 6.74. The molecule has 0 aromatic rings. The van der Waals surface area contributed by atoms with Gasteiger partial charge < -0.3 is 15.4 Å². The van der Waals surface area contributed by atoms with Gasteiger partial charge in [0.05, 0.1) is 0 Å². The topological polar surface area (TPSA) is 38.5 Å². The SMILES string of the molecule is CCOCCCN1CC[C@H](N)[C@H](C)C1. The number of hydrogen-bond acceptors (Lipinski definition) is 3. The number of hydrogen-bond donors (Lipinski definition) is 1. The van der Waals surface area contributed by atoms with E-state index in [1.54, 1.807) is 0 Å². The van der Waals surface area contributed by atoms with Crippen molar-refractivity contribution in [2.45, 2.75) is 32.7 Å². The highest BCUT2D eigenvalue weighted by Gasteiger charge is 2.22. The molecule has 1 saturated heterocycles. The summed E-state index contributed by atoms with van der Waals surface area (Å²) >= 11 is 0. The molecular formula is C11H24N2O. The maximum Gasteiger partial charge on any atom is 0.0478 e. The van der Waals surface area contributed by atoms with Gasteiger partial charge in [-0.1, -0.05) is 6.92 Å². The highest BCUT2D eigenvalue weighted by molar-refractivity contribution is 4.79. The Labute approximate surface area is 87.6 Å². The molecule has 2 atom stereocenters. The number of nitrogens with two attached hydrogens (primary N) is 1. The Balaban J connectivity index is 2.07. The molecule has 3 heteroatoms. The van der Waals surface area contributed by atoms with Gasteiger partial charge in [0.2, 0.25) is 0 Å². The molecule has 0 unspecified atom stereocenters. The zero-order valence-electron chi connectivity index (χ0n) is 9.54. The van der Waals surface area contributed by atoms with E-state index in [4.69, 9.17) is 10.5 Å². The smallest absolute Gasteiger partial charge is 0.0478 e. The fourth-order valence-corrected chi connectivity index (χ4v) is 1.99. The summed E-state index contributed by atoms with van der Waals surface area (Å²) in [6.07, 6.45) is 2.30. The van der Waals surface area contributed by atoms with Crippen molar-refractivity contribution in [3.05, 3.63) is 0 Å². The predicted molar refractivity (Wildman–Crippen MR) is 59.3 cm³/mol. The van der Waals surface area contributed by atoms with Gasteiger partial charge in [0, 0.05) is 32.3 Å². The van der Waals surface area contributed by atoms with E-state index >= 15 is 0 Å². The minimum absolute atomic E-state index is 0.415. The second-order valence-electron chi connectivity index (χ2n) is 4.28. The summed E-state index contributed by atoms with van der Waals surface area (Å²) in [6.45, 7) is 9.51. The number of likely N-dealkylation sites (tertiary alicyclic amines) is 1. The first-order valence-corrected chi connectivity index (χ1v) is 5.79. The van der Waals surface area contributed by atoms with E-state index in [1.807, 2.05) is 6.92 Å². The van der Waals surface area contributed by atoms with Crippen LogP contribution in [0.15, 0.2) is 0 Å². The lowest BCUT2D eigenvalue weighted by atomic mass is 9.95. The second kappa shape index (κ2) is 6.38. The number of piperidine rings is 1. The lowest BCUT2D eigenvalue weighted by Crippen LogP contribution is -2.46. The van der Waals surface area contributed by atoms with E-state index in [2.05, 4.69) is 11.8 Å². The summed E-state index contributed by atoms with van der Waals surface area (Å²) in [5, 5.41) is 0. The van der Waals surface area contributed by atoms with E-state index < -0.39 is 0 Å². The predicted octanol–water partition coefficient (Wildman–Crippen LogP) is 1.08. The van der Waals surface area contributed by atoms with Crippen LogP contribution in [0.25, 0.3) is 0 Å². The van der Waals surface area contributed by atoms with E-state index in [9.17, 15) is 0 Å². The average Bonchev–Trinajstić information content (AvgIpc) is 2.18. The minimum atomic E-state index is 0.415. The molecule has 1 aliphatic rings. The molecule has 1 aliphatic heterocycles. The van der Waals surface area contributed by atoms with E-state index in [1.165, 1.54) is 0 Å². The Morgan fingerprint density at radius 3 is 2.93 bits per heavy atom. The highest BCUT2D eigenvalue weighted by atomic mass is 16.5. The molecule has 0 aromatic carbocycles.